The lowest BCUT2D eigenvalue weighted by Crippen LogP contribution is -2.11. The van der Waals surface area contributed by atoms with E-state index in [0.717, 1.165) is 61.3 Å². The molecule has 9 aromatic rings. The van der Waals surface area contributed by atoms with E-state index in [2.05, 4.69) is 94.6 Å². The average Bonchev–Trinajstić information content (AvgIpc) is 3.70. The number of phenols is 1. The van der Waals surface area contributed by atoms with Crippen LogP contribution in [0.15, 0.2) is 170 Å². The lowest BCUT2D eigenvalue weighted by Gasteiger charge is -2.22. The van der Waals surface area contributed by atoms with Crippen LogP contribution in [-0.4, -0.2) is 19.6 Å². The van der Waals surface area contributed by atoms with Crippen molar-refractivity contribution in [2.24, 2.45) is 0 Å². The summed E-state index contributed by atoms with van der Waals surface area (Å²) in [6.07, 6.45) is 1.78. The van der Waals surface area contributed by atoms with Crippen LogP contribution in [0.2, 0.25) is 0 Å². The van der Waals surface area contributed by atoms with Gasteiger partial charge in [0.25, 0.3) is 0 Å². The predicted molar refractivity (Wildman–Crippen MR) is 260 cm³/mol. The number of hydrogen-bond acceptors (Lipinski definition) is 3. The molecule has 0 saturated carbocycles. The maximum Gasteiger partial charge on any atom is 0.149 e. The van der Waals surface area contributed by atoms with Crippen LogP contribution >= 0.6 is 0 Å². The summed E-state index contributed by atoms with van der Waals surface area (Å²) >= 11 is 0. The number of aryl methyl sites for hydroxylation is 2. The highest BCUT2D eigenvalue weighted by Crippen LogP contribution is 2.43. The first kappa shape index (κ1) is 33.7. The fourth-order valence-corrected chi connectivity index (χ4v) is 8.22. The Morgan fingerprint density at radius 1 is 0.500 bits per heavy atom. The molecule has 0 aliphatic heterocycles. The van der Waals surface area contributed by atoms with E-state index in [4.69, 9.17) is 18.2 Å². The molecule has 306 valence electrons. The first-order valence-corrected chi connectivity index (χ1v) is 21.0. The highest BCUT2D eigenvalue weighted by Gasteiger charge is 2.25. The Morgan fingerprint density at radius 2 is 1.18 bits per heavy atom. The number of aromatic nitrogens is 3. The average molecular weight is 814 g/mol. The SMILES string of the molecule is [2H]C([2H])([2H])c1ccc(-c2ccnc(-c3cc(-c4cccc5c4nc(-c4ccccc4O)n5-c4cc(-c5ccccc5)c(C([2H])([2H])[2H])cc4-c4ccc(C(C)(C)C)cc4)cc(C(C)(C)C)c3)c2)cc1. The molecule has 62 heavy (non-hydrogen) atoms. The molecule has 0 saturated heterocycles. The van der Waals surface area contributed by atoms with Crippen molar-refractivity contribution in [1.82, 2.24) is 14.5 Å². The molecule has 7 aromatic carbocycles. The van der Waals surface area contributed by atoms with Gasteiger partial charge < -0.3 is 5.11 Å². The second-order valence-electron chi connectivity index (χ2n) is 18.1. The first-order chi connectivity index (χ1) is 32.1. The Bertz CT molecular complexity index is 3320. The van der Waals surface area contributed by atoms with Crippen LogP contribution in [0.25, 0.3) is 83.9 Å². The number of hydrogen-bond donors (Lipinski definition) is 1. The van der Waals surface area contributed by atoms with Crippen LogP contribution in [0.4, 0.5) is 0 Å². The van der Waals surface area contributed by atoms with Gasteiger partial charge in [-0.05, 0) is 129 Å². The summed E-state index contributed by atoms with van der Waals surface area (Å²) in [5, 5.41) is 11.6. The largest absolute Gasteiger partial charge is 0.507 e. The fraction of sp³-hybridized carbons (Fsp3) is 0.172. The standard InChI is InChI=1S/C58H53N3O/c1-37-21-23-39(24-22-37)42-29-30-59-51(35-42)44-32-43(33-46(34-44)58(6,7)8)47-18-14-19-52-55(47)60-56(48-17-12-13-20-54(48)62)61(52)53-36-49(40-15-10-9-11-16-40)38(2)31-50(53)41-25-27-45(28-26-41)57(3,4)5/h9-36,62H,1-8H3/i1D3,2D3. The van der Waals surface area contributed by atoms with E-state index in [1.165, 1.54) is 0 Å². The maximum absolute atomic E-state index is 11.6. The van der Waals surface area contributed by atoms with Crippen molar-refractivity contribution in [1.29, 1.82) is 0 Å². The van der Waals surface area contributed by atoms with Gasteiger partial charge in [0, 0.05) is 31.1 Å². The van der Waals surface area contributed by atoms with E-state index in [-0.39, 0.29) is 27.7 Å². The summed E-state index contributed by atoms with van der Waals surface area (Å²) in [5.74, 6) is 0.546. The summed E-state index contributed by atoms with van der Waals surface area (Å²) in [7, 11) is 0. The minimum Gasteiger partial charge on any atom is -0.507 e. The Labute approximate surface area is 374 Å². The minimum absolute atomic E-state index is 0.0556. The zero-order valence-corrected chi connectivity index (χ0v) is 36.0. The molecule has 0 unspecified atom stereocenters. The van der Waals surface area contributed by atoms with Gasteiger partial charge in [0.15, 0.2) is 0 Å². The number of fused-ring (bicyclic) bond motifs is 1. The van der Waals surface area contributed by atoms with Crippen LogP contribution in [0.3, 0.4) is 0 Å². The maximum atomic E-state index is 11.6. The summed E-state index contributed by atoms with van der Waals surface area (Å²) < 4.78 is 52.1. The number of benzene rings is 7. The van der Waals surface area contributed by atoms with Gasteiger partial charge in [-0.15, -0.1) is 0 Å². The van der Waals surface area contributed by atoms with Crippen molar-refractivity contribution >= 4 is 11.0 Å². The minimum atomic E-state index is -2.44. The second kappa shape index (κ2) is 15.8. The van der Waals surface area contributed by atoms with E-state index >= 15 is 0 Å². The van der Waals surface area contributed by atoms with Crippen LogP contribution in [-0.2, 0) is 10.8 Å². The van der Waals surface area contributed by atoms with Crippen molar-refractivity contribution < 1.29 is 13.3 Å². The number of rotatable bonds is 7. The Hall–Kier alpha value is -7.04. The number of para-hydroxylation sites is 2. The lowest BCUT2D eigenvalue weighted by atomic mass is 9.83. The Morgan fingerprint density at radius 3 is 1.89 bits per heavy atom. The molecule has 0 fully saturated rings. The van der Waals surface area contributed by atoms with Crippen molar-refractivity contribution in [2.45, 2.75) is 66.1 Å². The van der Waals surface area contributed by atoms with E-state index in [1.807, 2.05) is 91.0 Å². The molecule has 0 aliphatic rings. The van der Waals surface area contributed by atoms with E-state index < -0.39 is 13.7 Å². The zero-order chi connectivity index (χ0) is 48.3. The second-order valence-corrected chi connectivity index (χ2v) is 18.1. The van der Waals surface area contributed by atoms with Crippen LogP contribution in [0.1, 0.15) is 72.0 Å². The third-order valence-corrected chi connectivity index (χ3v) is 11.7. The molecular formula is C58H53N3O. The number of pyridine rings is 1. The van der Waals surface area contributed by atoms with Gasteiger partial charge in [-0.25, -0.2) is 4.98 Å². The van der Waals surface area contributed by atoms with Gasteiger partial charge in [-0.1, -0.05) is 156 Å². The van der Waals surface area contributed by atoms with Gasteiger partial charge >= 0.3 is 0 Å². The Kier molecular flexibility index (Phi) is 8.56. The van der Waals surface area contributed by atoms with Crippen LogP contribution < -0.4 is 0 Å². The summed E-state index contributed by atoms with van der Waals surface area (Å²) in [6.45, 7) is 8.41. The van der Waals surface area contributed by atoms with Gasteiger partial charge in [0.2, 0.25) is 0 Å². The number of imidazole rings is 1. The fourth-order valence-electron chi connectivity index (χ4n) is 8.22. The predicted octanol–water partition coefficient (Wildman–Crippen LogP) is 15.3. The molecule has 1 N–H and O–H groups in total. The molecule has 0 atom stereocenters. The smallest absolute Gasteiger partial charge is 0.149 e. The molecule has 0 spiro atoms. The van der Waals surface area contributed by atoms with Crippen molar-refractivity contribution in [3.63, 3.8) is 0 Å². The zero-order valence-electron chi connectivity index (χ0n) is 42.0. The monoisotopic (exact) mass is 813 g/mol. The molecule has 0 aliphatic carbocycles. The van der Waals surface area contributed by atoms with Crippen LogP contribution in [0.5, 0.6) is 5.75 Å². The molecule has 2 heterocycles. The van der Waals surface area contributed by atoms with Gasteiger partial charge in [0.1, 0.15) is 11.6 Å². The molecule has 2 aromatic heterocycles. The normalized spacial score (nSPS) is 13.8. The van der Waals surface area contributed by atoms with Gasteiger partial charge in [-0.3, -0.25) is 9.55 Å². The molecule has 0 radical (unpaired) electrons. The number of phenolic OH excluding ortho intramolecular Hbond substituents is 1. The Balaban J connectivity index is 1.31. The summed E-state index contributed by atoms with van der Waals surface area (Å²) in [4.78, 5) is 10.3. The molecule has 9 rings (SSSR count). The van der Waals surface area contributed by atoms with Gasteiger partial charge in [-0.2, -0.15) is 0 Å². The number of aromatic hydroxyl groups is 1. The van der Waals surface area contributed by atoms with Crippen molar-refractivity contribution in [3.8, 4) is 78.6 Å². The number of nitrogens with zero attached hydrogens (tertiary/aromatic N) is 3. The molecule has 0 bridgehead atoms. The van der Waals surface area contributed by atoms with Crippen LogP contribution in [0, 0.1) is 13.7 Å². The van der Waals surface area contributed by atoms with E-state index in [1.54, 1.807) is 30.5 Å². The molecular weight excluding hydrogens is 755 g/mol. The van der Waals surface area contributed by atoms with Crippen molar-refractivity contribution in [2.75, 3.05) is 0 Å². The van der Waals surface area contributed by atoms with Crippen molar-refractivity contribution in [3.05, 3.63) is 192 Å². The third-order valence-electron chi connectivity index (χ3n) is 11.7. The first-order valence-electron chi connectivity index (χ1n) is 24.0. The highest BCUT2D eigenvalue weighted by atomic mass is 16.3. The summed E-state index contributed by atoms with van der Waals surface area (Å²) in [5.41, 5.74) is 13.2. The van der Waals surface area contributed by atoms with E-state index in [9.17, 15) is 5.11 Å². The van der Waals surface area contributed by atoms with Gasteiger partial charge in [0.05, 0.1) is 28.0 Å². The van der Waals surface area contributed by atoms with E-state index in [0.29, 0.717) is 33.7 Å². The molecule has 0 amide bonds. The summed E-state index contributed by atoms with van der Waals surface area (Å²) in [6, 6.07) is 52.4. The topological polar surface area (TPSA) is 50.9 Å². The lowest BCUT2D eigenvalue weighted by molar-refractivity contribution is 0.477. The molecule has 4 heteroatoms. The molecule has 4 nitrogen and oxygen atoms in total. The quantitative estimate of drug-likeness (QED) is 0.174. The highest BCUT2D eigenvalue weighted by molar-refractivity contribution is 5.98. The third kappa shape index (κ3) is 7.74.